The average molecular weight is 950 g/mol. The van der Waals surface area contributed by atoms with Crippen LogP contribution in [0.25, 0.3) is 10.9 Å². The Bertz CT molecular complexity index is 2750. The number of carbonyl (C=O) groups excluding carboxylic acids is 5. The van der Waals surface area contributed by atoms with Crippen LogP contribution in [-0.2, 0) is 19.1 Å². The van der Waals surface area contributed by atoms with E-state index in [4.69, 9.17) is 26.1 Å². The third-order valence-corrected chi connectivity index (χ3v) is 15.0. The summed E-state index contributed by atoms with van der Waals surface area (Å²) < 4.78 is 14.0. The molecule has 2 atom stereocenters. The monoisotopic (exact) mass is 948 g/mol. The van der Waals surface area contributed by atoms with E-state index in [-0.39, 0.29) is 60.3 Å². The van der Waals surface area contributed by atoms with Gasteiger partial charge in [0.15, 0.2) is 18.2 Å². The molecule has 1 aliphatic carbocycles. The Hall–Kier alpha value is -6.11. The molecule has 18 nitrogen and oxygen atoms in total. The Morgan fingerprint density at radius 3 is 2.47 bits per heavy atom. The fraction of sp³-hybridized carbons (Fsp3) is 0.510. The Balaban J connectivity index is 0.706. The van der Waals surface area contributed by atoms with E-state index in [1.54, 1.807) is 22.9 Å². The van der Waals surface area contributed by atoms with E-state index in [2.05, 4.69) is 35.6 Å². The summed E-state index contributed by atoms with van der Waals surface area (Å²) in [6.45, 7) is 8.91. The summed E-state index contributed by atoms with van der Waals surface area (Å²) in [6, 6.07) is 12.1. The van der Waals surface area contributed by atoms with Crippen LogP contribution in [0.4, 0.5) is 23.1 Å². The molecule has 19 heteroatoms. The minimum Gasteiger partial charge on any atom is -0.478 e. The van der Waals surface area contributed by atoms with Crippen LogP contribution in [0.5, 0.6) is 5.75 Å². The highest BCUT2D eigenvalue weighted by atomic mass is 35.5. The van der Waals surface area contributed by atoms with Gasteiger partial charge in [0.05, 0.1) is 35.0 Å². The molecule has 10 rings (SSSR count). The van der Waals surface area contributed by atoms with Crippen LogP contribution in [0, 0.1) is 5.41 Å². The van der Waals surface area contributed by atoms with Crippen LogP contribution >= 0.6 is 11.6 Å². The van der Waals surface area contributed by atoms with E-state index >= 15 is 0 Å². The Kier molecular flexibility index (Phi) is 12.4. The van der Waals surface area contributed by atoms with E-state index < -0.39 is 29.7 Å². The number of anilines is 4. The molecule has 1 spiro atoms. The van der Waals surface area contributed by atoms with Crippen molar-refractivity contribution in [3.05, 3.63) is 75.2 Å². The summed E-state index contributed by atoms with van der Waals surface area (Å²) in [4.78, 5) is 93.9. The number of likely N-dealkylation sites (tertiary alicyclic amines) is 1. The second-order valence-electron chi connectivity index (χ2n) is 19.5. The maximum Gasteiger partial charge on any atom is 0.293 e. The average Bonchev–Trinajstić information content (AvgIpc) is 3.82. The number of pyridine rings is 1. The minimum atomic E-state index is -0.980. The van der Waals surface area contributed by atoms with Crippen LogP contribution in [0.1, 0.15) is 98.4 Å². The number of hydrogen-bond donors (Lipinski definition) is 3. The van der Waals surface area contributed by atoms with Crippen molar-refractivity contribution < 1.29 is 33.4 Å². The van der Waals surface area contributed by atoms with Crippen LogP contribution < -0.4 is 36.0 Å². The number of imide groups is 2. The first kappa shape index (κ1) is 45.7. The van der Waals surface area contributed by atoms with Crippen molar-refractivity contribution in [2.45, 2.75) is 102 Å². The molecule has 68 heavy (non-hydrogen) atoms. The zero-order valence-electron chi connectivity index (χ0n) is 38.6. The first-order valence-corrected chi connectivity index (χ1v) is 24.2. The molecule has 2 aromatic heterocycles. The largest absolute Gasteiger partial charge is 0.478 e. The van der Waals surface area contributed by atoms with Gasteiger partial charge in [0.25, 0.3) is 23.3 Å². The van der Waals surface area contributed by atoms with E-state index in [1.165, 1.54) is 7.05 Å². The number of ether oxygens (including phenoxy) is 2. The maximum absolute atomic E-state index is 13.5. The van der Waals surface area contributed by atoms with Gasteiger partial charge < -0.3 is 34.5 Å². The van der Waals surface area contributed by atoms with Gasteiger partial charge in [-0.3, -0.25) is 43.9 Å². The van der Waals surface area contributed by atoms with Gasteiger partial charge in [-0.1, -0.05) is 11.6 Å². The van der Waals surface area contributed by atoms with Crippen LogP contribution in [0.15, 0.2) is 53.5 Å². The molecule has 1 saturated carbocycles. The molecule has 5 amide bonds. The highest BCUT2D eigenvalue weighted by molar-refractivity contribution is 6.33. The number of rotatable bonds is 12. The number of fused-ring (bicyclic) bond motifs is 2. The summed E-state index contributed by atoms with van der Waals surface area (Å²) in [6.07, 6.45) is 9.31. The summed E-state index contributed by atoms with van der Waals surface area (Å²) in [5.41, 5.74) is 2.82. The number of nitrogens with one attached hydrogen (secondary N) is 3. The highest BCUT2D eigenvalue weighted by Crippen LogP contribution is 2.44. The Labute approximate surface area is 398 Å². The van der Waals surface area contributed by atoms with Crippen molar-refractivity contribution in [3.63, 3.8) is 0 Å². The third-order valence-electron chi connectivity index (χ3n) is 14.8. The molecule has 3 N–H and O–H groups in total. The zero-order chi connectivity index (χ0) is 47.4. The summed E-state index contributed by atoms with van der Waals surface area (Å²) >= 11 is 6.62. The van der Waals surface area contributed by atoms with Crippen LogP contribution in [0.2, 0.25) is 5.02 Å². The number of carbonyl (C=O) groups is 5. The number of benzene rings is 2. The first-order valence-electron chi connectivity index (χ1n) is 23.8. The molecular formula is C49H57ClN10O8. The number of aromatic nitrogens is 3. The van der Waals surface area contributed by atoms with Crippen LogP contribution in [-0.4, -0.2) is 131 Å². The fourth-order valence-corrected chi connectivity index (χ4v) is 11.2. The van der Waals surface area contributed by atoms with E-state index in [9.17, 15) is 28.8 Å². The van der Waals surface area contributed by atoms with Crippen molar-refractivity contribution in [1.82, 2.24) is 35.0 Å². The number of nitrogens with zero attached hydrogens (tertiary/aromatic N) is 7. The number of amides is 5. The topological polar surface area (TPSA) is 201 Å². The second kappa shape index (κ2) is 18.4. The third kappa shape index (κ3) is 8.77. The maximum atomic E-state index is 13.5. The predicted octanol–water partition coefficient (Wildman–Crippen LogP) is 4.80. The van der Waals surface area contributed by atoms with Crippen molar-refractivity contribution in [2.75, 3.05) is 68.0 Å². The molecule has 5 fully saturated rings. The lowest BCUT2D eigenvalue weighted by molar-refractivity contribution is -0.136. The second-order valence-corrected chi connectivity index (χ2v) is 19.9. The van der Waals surface area contributed by atoms with Gasteiger partial charge in [0.1, 0.15) is 11.1 Å². The lowest BCUT2D eigenvalue weighted by Gasteiger charge is -2.45. The number of halogens is 1. The quantitative estimate of drug-likeness (QED) is 0.164. The van der Waals surface area contributed by atoms with Gasteiger partial charge in [-0.05, 0) is 114 Å². The van der Waals surface area contributed by atoms with E-state index in [1.807, 2.05) is 44.2 Å². The van der Waals surface area contributed by atoms with E-state index in [0.717, 1.165) is 106 Å². The van der Waals surface area contributed by atoms with Crippen molar-refractivity contribution in [1.29, 1.82) is 0 Å². The van der Waals surface area contributed by atoms with Crippen molar-refractivity contribution in [2.24, 2.45) is 5.41 Å². The molecule has 2 aromatic carbocycles. The van der Waals surface area contributed by atoms with E-state index in [0.29, 0.717) is 39.6 Å². The normalized spacial score (nSPS) is 24.5. The van der Waals surface area contributed by atoms with Gasteiger partial charge in [-0.25, -0.2) is 4.98 Å². The Morgan fingerprint density at radius 1 is 0.912 bits per heavy atom. The smallest absolute Gasteiger partial charge is 0.293 e. The van der Waals surface area contributed by atoms with Gasteiger partial charge in [0, 0.05) is 80.5 Å². The van der Waals surface area contributed by atoms with Gasteiger partial charge in [-0.15, -0.1) is 0 Å². The van der Waals surface area contributed by atoms with Gasteiger partial charge in [0.2, 0.25) is 17.8 Å². The molecule has 358 valence electrons. The standard InChI is InChI=1S/C49H57ClN10O8/c1-28(2)59-38-8-5-30(19-29(38)20-40(47(59)66)67-25-42(62)51-3)53-43-37(50)24-52-48(55-43)56-16-11-33(12-17-56)68-34-21-32(22-34)58-18-14-49(27-58)13-4-15-57(26-49)31-6-7-35-36(23-31)46(65)60(45(35)64)39-9-10-41(61)54-44(39)63/h5-8,19-20,23-24,28,32-34,39H,4,9-18,21-22,25-27H2,1-3H3,(H,51,62)(H,52,53,55)(H,54,61,63)/t32-,34-,39?,49?. The zero-order valence-corrected chi connectivity index (χ0v) is 39.3. The lowest BCUT2D eigenvalue weighted by atomic mass is 9.78. The highest BCUT2D eigenvalue weighted by Gasteiger charge is 2.48. The summed E-state index contributed by atoms with van der Waals surface area (Å²) in [5.74, 6) is -1.16. The molecule has 7 heterocycles. The minimum absolute atomic E-state index is 0.0894. The molecule has 2 unspecified atom stereocenters. The van der Waals surface area contributed by atoms with Gasteiger partial charge in [-0.2, -0.15) is 4.98 Å². The molecule has 0 bridgehead atoms. The molecular weight excluding hydrogens is 892 g/mol. The molecule has 4 aromatic rings. The number of piperidine rings is 3. The molecule has 5 aliphatic heterocycles. The summed E-state index contributed by atoms with van der Waals surface area (Å²) in [7, 11) is 1.51. The predicted molar refractivity (Wildman–Crippen MR) is 255 cm³/mol. The fourth-order valence-electron chi connectivity index (χ4n) is 11.1. The number of hydrogen-bond acceptors (Lipinski definition) is 14. The molecule has 4 saturated heterocycles. The Morgan fingerprint density at radius 2 is 1.71 bits per heavy atom. The summed E-state index contributed by atoms with van der Waals surface area (Å²) in [5, 5.41) is 9.23. The SMILES string of the molecule is CNC(=O)COc1cc2cc(Nc3nc(N4CCC(O[C@H]5C[C@H](N6CCC7(CCCN(c8ccc9c(c8)C(=O)N(C8CCC(=O)NC8=O)C9=O)C7)C6)C5)CC4)ncc3Cl)ccc2n(C(C)C)c1=O. The molecule has 6 aliphatic rings. The lowest BCUT2D eigenvalue weighted by Crippen LogP contribution is -2.54. The van der Waals surface area contributed by atoms with Crippen molar-refractivity contribution >= 4 is 75.2 Å². The number of likely N-dealkylation sites (N-methyl/N-ethyl adjacent to an activating group) is 1. The van der Waals surface area contributed by atoms with Crippen molar-refractivity contribution in [3.8, 4) is 5.75 Å². The first-order chi connectivity index (χ1) is 32.8. The van der Waals surface area contributed by atoms with Crippen LogP contribution in [0.3, 0.4) is 0 Å². The molecule has 0 radical (unpaired) electrons. The van der Waals surface area contributed by atoms with Gasteiger partial charge >= 0.3 is 0 Å².